The van der Waals surface area contributed by atoms with E-state index in [1.54, 1.807) is 11.8 Å². The van der Waals surface area contributed by atoms with Crippen molar-refractivity contribution < 1.29 is 14.1 Å². The molecule has 0 spiro atoms. The Bertz CT molecular complexity index is 723. The summed E-state index contributed by atoms with van der Waals surface area (Å²) in [7, 11) is -1.63. The lowest BCUT2D eigenvalue weighted by molar-refractivity contribution is -0.143. The first-order valence-electron chi connectivity index (χ1n) is 8.74. The highest BCUT2D eigenvalue weighted by atomic mass is 32.2. The van der Waals surface area contributed by atoms with Crippen LogP contribution in [0.5, 0.6) is 0 Å². The molecule has 136 valence electrons. The van der Waals surface area contributed by atoms with Gasteiger partial charge in [-0.15, -0.1) is 0 Å². The predicted octanol–water partition coefficient (Wildman–Crippen LogP) is 5.21. The number of carbonyl (C=O) groups is 1. The zero-order valence-corrected chi connectivity index (χ0v) is 16.7. The number of nitrogens with zero attached hydrogens (tertiary/aromatic N) is 1. The van der Waals surface area contributed by atoms with Gasteiger partial charge in [0.2, 0.25) is 0 Å². The fourth-order valence-corrected chi connectivity index (χ4v) is 5.46. The lowest BCUT2D eigenvalue weighted by Crippen LogP contribution is -2.07. The summed E-state index contributed by atoms with van der Waals surface area (Å²) in [5, 5.41) is 2.04. The molecule has 0 amide bonds. The minimum Gasteiger partial charge on any atom is -0.466 e. The molecule has 0 saturated heterocycles. The van der Waals surface area contributed by atoms with E-state index in [0.717, 1.165) is 34.9 Å². The second-order valence-corrected chi connectivity index (χ2v) is 9.60. The average molecular weight is 379 g/mol. The summed E-state index contributed by atoms with van der Waals surface area (Å²) in [6.07, 6.45) is 2.87. The van der Waals surface area contributed by atoms with Gasteiger partial charge in [-0.25, -0.2) is 4.98 Å². The molecular weight excluding hydrogens is 353 g/mol. The zero-order chi connectivity index (χ0) is 18.1. The number of hydrogen-bond acceptors (Lipinski definition) is 5. The van der Waals surface area contributed by atoms with Gasteiger partial charge in [-0.3, -0.25) is 4.79 Å². The van der Waals surface area contributed by atoms with E-state index in [-0.39, 0.29) is 5.97 Å². The van der Waals surface area contributed by atoms with Crippen LogP contribution in [-0.4, -0.2) is 29.2 Å². The summed E-state index contributed by atoms with van der Waals surface area (Å²) >= 11 is 1.57. The molecule has 0 aliphatic heterocycles. The molecule has 0 bridgehead atoms. The van der Waals surface area contributed by atoms with E-state index in [1.807, 2.05) is 37.3 Å². The van der Waals surface area contributed by atoms with E-state index in [9.17, 15) is 9.36 Å². The molecule has 2 unspecified atom stereocenters. The summed E-state index contributed by atoms with van der Waals surface area (Å²) in [6.45, 7) is 4.35. The van der Waals surface area contributed by atoms with Crippen LogP contribution in [0.3, 0.4) is 0 Å². The molecule has 0 N–H and O–H groups in total. The first kappa shape index (κ1) is 20.0. The van der Waals surface area contributed by atoms with Crippen LogP contribution >= 0.6 is 19.6 Å². The van der Waals surface area contributed by atoms with Crippen LogP contribution in [0, 0.1) is 5.92 Å². The van der Waals surface area contributed by atoms with Crippen LogP contribution in [0.25, 0.3) is 10.9 Å². The van der Waals surface area contributed by atoms with Crippen molar-refractivity contribution in [3.63, 3.8) is 0 Å². The normalized spacial score (nSPS) is 13.5. The second kappa shape index (κ2) is 10.6. The van der Waals surface area contributed by atoms with E-state index in [2.05, 4.69) is 18.0 Å². The topological polar surface area (TPSA) is 56.3 Å². The number of benzene rings is 1. The predicted molar refractivity (Wildman–Crippen MR) is 106 cm³/mol. The van der Waals surface area contributed by atoms with Crippen molar-refractivity contribution in [1.29, 1.82) is 0 Å². The van der Waals surface area contributed by atoms with Crippen molar-refractivity contribution in [3.8, 4) is 0 Å². The van der Waals surface area contributed by atoms with E-state index in [4.69, 9.17) is 4.74 Å². The maximum atomic E-state index is 12.3. The Kier molecular flexibility index (Phi) is 8.50. The number of carbonyl (C=O) groups excluding carboxylic acids is 1. The highest BCUT2D eigenvalue weighted by molar-refractivity contribution is 8.03. The van der Waals surface area contributed by atoms with Gasteiger partial charge in [-0.05, 0) is 44.0 Å². The van der Waals surface area contributed by atoms with E-state index < -0.39 is 7.80 Å². The molecule has 25 heavy (non-hydrogen) atoms. The quantitative estimate of drug-likeness (QED) is 0.322. The van der Waals surface area contributed by atoms with Gasteiger partial charge in [0.05, 0.1) is 30.4 Å². The first-order chi connectivity index (χ1) is 12.1. The SMILES string of the molecule is CCOC(=O)CCC(C)CC[PH](=O)CSc1ccc2ccccc2n1. The average Bonchev–Trinajstić information content (AvgIpc) is 2.63. The fraction of sp³-hybridized carbons (Fsp3) is 0.474. The van der Waals surface area contributed by atoms with E-state index >= 15 is 0 Å². The Labute approximate surface area is 154 Å². The Morgan fingerprint density at radius 1 is 1.24 bits per heavy atom. The standard InChI is InChI=1S/C19H26NO3PS/c1-3-23-19(21)11-8-15(2)12-13-24(22)14-25-18-10-9-16-6-4-5-7-17(16)20-18/h4-7,9-10,15,24H,3,8,11-14H2,1-2H3. The summed E-state index contributed by atoms with van der Waals surface area (Å²) in [4.78, 5) is 15.9. The molecule has 2 aromatic rings. The van der Waals surface area contributed by atoms with Gasteiger partial charge < -0.3 is 9.30 Å². The van der Waals surface area contributed by atoms with Crippen LogP contribution < -0.4 is 0 Å². The highest BCUT2D eigenvalue weighted by Crippen LogP contribution is 2.33. The van der Waals surface area contributed by atoms with Crippen LogP contribution in [-0.2, 0) is 14.1 Å². The number of thioether (sulfide) groups is 1. The Morgan fingerprint density at radius 3 is 2.84 bits per heavy atom. The van der Waals surface area contributed by atoms with Gasteiger partial charge in [-0.1, -0.05) is 43.0 Å². The van der Waals surface area contributed by atoms with Crippen LogP contribution in [0.15, 0.2) is 41.4 Å². The summed E-state index contributed by atoms with van der Waals surface area (Å²) < 4.78 is 17.2. The maximum absolute atomic E-state index is 12.3. The fourth-order valence-electron chi connectivity index (χ4n) is 2.50. The molecule has 2 rings (SSSR count). The minimum absolute atomic E-state index is 0.139. The second-order valence-electron chi connectivity index (χ2n) is 6.16. The van der Waals surface area contributed by atoms with Gasteiger partial charge in [0.1, 0.15) is 0 Å². The molecule has 0 fully saturated rings. The smallest absolute Gasteiger partial charge is 0.305 e. The van der Waals surface area contributed by atoms with Crippen LogP contribution in [0.4, 0.5) is 0 Å². The number of hydrogen-bond donors (Lipinski definition) is 0. The van der Waals surface area contributed by atoms with Crippen LogP contribution in [0.2, 0.25) is 0 Å². The molecule has 2 atom stereocenters. The number of rotatable bonds is 10. The number of para-hydroxylation sites is 1. The zero-order valence-electron chi connectivity index (χ0n) is 14.9. The van der Waals surface area contributed by atoms with Crippen molar-refractivity contribution in [2.75, 3.05) is 18.3 Å². The van der Waals surface area contributed by atoms with Gasteiger partial charge in [0.25, 0.3) is 0 Å². The van der Waals surface area contributed by atoms with Gasteiger partial charge in [0.15, 0.2) is 0 Å². The van der Waals surface area contributed by atoms with Gasteiger partial charge >= 0.3 is 5.97 Å². The van der Waals surface area contributed by atoms with Crippen molar-refractivity contribution in [1.82, 2.24) is 4.98 Å². The number of ether oxygens (including phenoxy) is 1. The third-order valence-electron chi connectivity index (χ3n) is 4.02. The Morgan fingerprint density at radius 2 is 2.04 bits per heavy atom. The minimum atomic E-state index is -1.63. The highest BCUT2D eigenvalue weighted by Gasteiger charge is 2.10. The molecule has 1 aromatic heterocycles. The molecule has 0 radical (unpaired) electrons. The van der Waals surface area contributed by atoms with Crippen molar-refractivity contribution >= 4 is 36.4 Å². The van der Waals surface area contributed by atoms with Crippen molar-refractivity contribution in [3.05, 3.63) is 36.4 Å². The van der Waals surface area contributed by atoms with Crippen molar-refractivity contribution in [2.45, 2.75) is 38.1 Å². The van der Waals surface area contributed by atoms with E-state index in [0.29, 0.717) is 24.4 Å². The number of pyridine rings is 1. The lowest BCUT2D eigenvalue weighted by Gasteiger charge is -2.10. The Balaban J connectivity index is 1.70. The molecule has 1 heterocycles. The lowest BCUT2D eigenvalue weighted by atomic mass is 10.0. The monoisotopic (exact) mass is 379 g/mol. The molecule has 1 aromatic carbocycles. The van der Waals surface area contributed by atoms with Crippen LogP contribution in [0.1, 0.15) is 33.1 Å². The molecule has 0 aliphatic carbocycles. The van der Waals surface area contributed by atoms with Crippen molar-refractivity contribution in [2.24, 2.45) is 5.92 Å². The molecule has 4 nitrogen and oxygen atoms in total. The molecule has 6 heteroatoms. The number of fused-ring (bicyclic) bond motifs is 1. The molecule has 0 aliphatic rings. The number of aromatic nitrogens is 1. The van der Waals surface area contributed by atoms with E-state index in [1.165, 1.54) is 0 Å². The maximum Gasteiger partial charge on any atom is 0.305 e. The molecule has 0 saturated carbocycles. The number of esters is 1. The third kappa shape index (κ3) is 7.21. The van der Waals surface area contributed by atoms with Gasteiger partial charge in [-0.2, -0.15) is 0 Å². The third-order valence-corrected chi connectivity index (χ3v) is 7.25. The van der Waals surface area contributed by atoms with Gasteiger partial charge in [0, 0.05) is 11.8 Å². The Hall–Kier alpha value is -1.32. The summed E-state index contributed by atoms with van der Waals surface area (Å²) in [5.74, 6) is 0.252. The first-order valence-corrected chi connectivity index (χ1v) is 11.5. The molecular formula is C19H26NO3PS. The summed E-state index contributed by atoms with van der Waals surface area (Å²) in [6, 6.07) is 12.1. The largest absolute Gasteiger partial charge is 0.466 e. The summed E-state index contributed by atoms with van der Waals surface area (Å²) in [5.41, 5.74) is 1.60.